The molecule has 1 atom stereocenters. The molecule has 9 rings (SSSR count). The zero-order valence-electron chi connectivity index (χ0n) is 72.2. The largest absolute Gasteiger partial charge is 0.379 e. The number of unbranched alkanes of at least 4 members (excludes halogenated alkanes) is 1. The Labute approximate surface area is 721 Å². The maximum Gasteiger partial charge on any atom is 0.202 e. The van der Waals surface area contributed by atoms with Crippen molar-refractivity contribution in [3.05, 3.63) is 163 Å². The predicted molar refractivity (Wildman–Crippen MR) is 458 cm³/mol. The lowest BCUT2D eigenvalue weighted by Crippen LogP contribution is -2.15. The number of hydrogen-bond donors (Lipinski definition) is 0. The highest BCUT2D eigenvalue weighted by Gasteiger charge is 2.33. The number of hydrogen-bond acceptors (Lipinski definition) is 26. The van der Waals surface area contributed by atoms with E-state index in [1.165, 1.54) is 4.88 Å². The van der Waals surface area contributed by atoms with Crippen LogP contribution in [0.4, 0.5) is 0 Å². The second-order valence-corrected chi connectivity index (χ2v) is 32.7. The van der Waals surface area contributed by atoms with Crippen molar-refractivity contribution < 1.29 is 85.8 Å². The third-order valence-corrected chi connectivity index (χ3v) is 22.1. The Hall–Kier alpha value is -9.45. The molecule has 0 saturated heterocycles. The quantitative estimate of drug-likeness (QED) is 0.0252. The van der Waals surface area contributed by atoms with E-state index < -0.39 is 6.04 Å². The first-order valence-electron chi connectivity index (χ1n) is 41.9. The van der Waals surface area contributed by atoms with Crippen LogP contribution in [0.1, 0.15) is 223 Å². The van der Waals surface area contributed by atoms with Gasteiger partial charge in [-0.1, -0.05) is 23.7 Å². The highest BCUT2D eigenvalue weighted by molar-refractivity contribution is 7.15. The van der Waals surface area contributed by atoms with E-state index in [0.717, 1.165) is 52.6 Å². The third kappa shape index (κ3) is 30.5. The Morgan fingerprint density at radius 1 is 0.418 bits per heavy atom. The topological polar surface area (TPSA) is 354 Å². The molecule has 660 valence electrons. The van der Waals surface area contributed by atoms with Gasteiger partial charge in [0.05, 0.1) is 153 Å². The molecule has 0 unspecified atom stereocenters. The molecule has 122 heavy (non-hydrogen) atoms. The van der Waals surface area contributed by atoms with Crippen molar-refractivity contribution in [1.29, 1.82) is 0 Å². The molecule has 0 saturated carbocycles. The Morgan fingerprint density at radius 2 is 0.820 bits per heavy atom. The summed E-state index contributed by atoms with van der Waals surface area (Å²) >= 11 is 7.93. The van der Waals surface area contributed by atoms with Gasteiger partial charge < -0.3 is 65.6 Å². The van der Waals surface area contributed by atoms with Crippen LogP contribution in [-0.2, 0) is 129 Å². The van der Waals surface area contributed by atoms with E-state index in [1.54, 1.807) is 113 Å². The highest BCUT2D eigenvalue weighted by atomic mass is 35.5. The molecular formula is C89H118ClN13O18S. The number of carbonyl (C=O) groups is 10. The van der Waals surface area contributed by atoms with Crippen LogP contribution in [-0.4, -0.2) is 247 Å². The second-order valence-electron chi connectivity index (χ2n) is 31.1. The van der Waals surface area contributed by atoms with Crippen LogP contribution in [0.25, 0.3) is 5.00 Å². The zero-order valence-corrected chi connectivity index (χ0v) is 73.8. The number of aryl methyl sites for hydroxylation is 7. The summed E-state index contributed by atoms with van der Waals surface area (Å²) in [6, 6.07) is 10.5. The van der Waals surface area contributed by atoms with Crippen molar-refractivity contribution in [3.63, 3.8) is 0 Å². The summed E-state index contributed by atoms with van der Waals surface area (Å²) in [4.78, 5) is 153. The van der Waals surface area contributed by atoms with Gasteiger partial charge in [-0.2, -0.15) is 0 Å². The molecule has 8 aromatic rings. The van der Waals surface area contributed by atoms with Crippen molar-refractivity contribution in [3.8, 4) is 5.00 Å². The fourth-order valence-electron chi connectivity index (χ4n) is 14.3. The Bertz CT molecular complexity index is 4880. The molecule has 1 aliphatic rings. The number of aliphatic imine (C=N–C) groups is 1. The number of benzene rings is 1. The van der Waals surface area contributed by atoms with Crippen molar-refractivity contribution >= 4 is 86.5 Å². The SMILES string of the molecule is Cc1sc2c(c1C)C(c1ccc(Cl)cc1)=N[C@@H](CC(=O)CCCOCCOCCOCCOCCOCCOCCOCCOCCC(=O)Cc1cn(C)c(C(=O)Cc3cc(C(=O)CCCC(=O)Cc4cn(C)c(C(=O)Cc5cc(C(=O)CCCC(=O)Cc6cn(C)c(C(=O)CCCC(=O)CCCCN(C)C)n6)n(C)c5)n4)n(C)c3)n1)c1nnc(C)n1-2. The summed E-state index contributed by atoms with van der Waals surface area (Å²) in [5.41, 5.74) is 7.23. The average Bonchev–Trinajstić information content (AvgIpc) is 1.59. The van der Waals surface area contributed by atoms with Crippen molar-refractivity contribution in [2.24, 2.45) is 40.2 Å². The highest BCUT2D eigenvalue weighted by Crippen LogP contribution is 2.40. The van der Waals surface area contributed by atoms with Crippen molar-refractivity contribution in [1.82, 2.24) is 57.5 Å². The van der Waals surface area contributed by atoms with Gasteiger partial charge in [0, 0.05) is 171 Å². The molecule has 0 N–H and O–H groups in total. The van der Waals surface area contributed by atoms with Gasteiger partial charge in [0.1, 0.15) is 45.8 Å². The number of aromatic nitrogens is 11. The Morgan fingerprint density at radius 3 is 1.28 bits per heavy atom. The minimum Gasteiger partial charge on any atom is -0.379 e. The molecule has 31 nitrogen and oxygen atoms in total. The fraction of sp³-hybridized carbons (Fsp3) is 0.551. The third-order valence-electron chi connectivity index (χ3n) is 20.6. The number of ether oxygens (including phenoxy) is 8. The van der Waals surface area contributed by atoms with Crippen LogP contribution in [0, 0.1) is 20.8 Å². The van der Waals surface area contributed by atoms with Crippen LogP contribution >= 0.6 is 22.9 Å². The average molecular weight is 1730 g/mol. The lowest BCUT2D eigenvalue weighted by atomic mass is 9.99. The Kier molecular flexibility index (Phi) is 39.3. The van der Waals surface area contributed by atoms with Gasteiger partial charge in [-0.05, 0) is 121 Å². The van der Waals surface area contributed by atoms with Gasteiger partial charge in [-0.25, -0.2) is 15.0 Å². The molecular weight excluding hydrogens is 1610 g/mol. The number of halogens is 1. The lowest BCUT2D eigenvalue weighted by Gasteiger charge is -2.12. The number of nitrogens with zero attached hydrogens (tertiary/aromatic N) is 13. The molecule has 33 heteroatoms. The molecule has 1 aliphatic heterocycles. The van der Waals surface area contributed by atoms with Gasteiger partial charge in [0.25, 0.3) is 0 Å². The summed E-state index contributed by atoms with van der Waals surface area (Å²) in [5.74, 6) is 0.677. The first kappa shape index (κ1) is 96.4. The van der Waals surface area contributed by atoms with Gasteiger partial charge in [-0.15, -0.1) is 21.5 Å². The first-order valence-corrected chi connectivity index (χ1v) is 43.1. The first-order chi connectivity index (χ1) is 58.7. The normalized spacial score (nSPS) is 12.6. The molecule has 0 bridgehead atoms. The minimum absolute atomic E-state index is 0.0194. The summed E-state index contributed by atoms with van der Waals surface area (Å²) in [7, 11) is 12.5. The number of ketones is 10. The number of Topliss-reactive ketones (excluding diaryl/α,β-unsaturated/α-hetero) is 10. The van der Waals surface area contributed by atoms with Crippen LogP contribution < -0.4 is 0 Å². The van der Waals surface area contributed by atoms with Crippen LogP contribution in [0.3, 0.4) is 0 Å². The van der Waals surface area contributed by atoms with Crippen molar-refractivity contribution in [2.75, 3.05) is 126 Å². The molecule has 0 spiro atoms. The maximum absolute atomic E-state index is 13.5. The van der Waals surface area contributed by atoms with Gasteiger partial charge in [0.15, 0.2) is 40.6 Å². The smallest absolute Gasteiger partial charge is 0.202 e. The molecule has 8 heterocycles. The van der Waals surface area contributed by atoms with E-state index in [2.05, 4.69) is 43.9 Å². The lowest BCUT2D eigenvalue weighted by molar-refractivity contribution is -0.120. The van der Waals surface area contributed by atoms with E-state index >= 15 is 0 Å². The maximum atomic E-state index is 13.5. The summed E-state index contributed by atoms with van der Waals surface area (Å²) < 4.78 is 55.0. The zero-order chi connectivity index (χ0) is 87.6. The van der Waals surface area contributed by atoms with Crippen LogP contribution in [0.5, 0.6) is 0 Å². The van der Waals surface area contributed by atoms with E-state index in [4.69, 9.17) is 54.5 Å². The van der Waals surface area contributed by atoms with Gasteiger partial charge >= 0.3 is 0 Å². The number of imidazole rings is 3. The second kappa shape index (κ2) is 49.7. The van der Waals surface area contributed by atoms with E-state index in [0.29, 0.717) is 188 Å². The fourth-order valence-corrected chi connectivity index (χ4v) is 15.6. The van der Waals surface area contributed by atoms with Crippen molar-refractivity contribution in [2.45, 2.75) is 162 Å². The standard InChI is InChI=1S/C89H118ClN13O18S/c1-60-61(2)122-89-83(60)84(65-25-27-66(90)28-26-65)94-75(85-96-95-62(3)103(85)89)54-73(107)21-16-31-114-33-35-116-37-39-118-41-43-120-45-46-121-44-42-119-40-38-117-36-34-115-32-29-74(108)53-69-59-102(10)88(93-69)82(113)50-64-48-77(99(7)56-64)79(110)23-15-20-72(106)52-68-58-101(9)87(92-68)81(112)49-63-47-76(98(6)55-63)78(109)22-14-19-71(105)51-67-57-100(8)86(91-67)80(111)24-13-18-70(104)17-11-12-30-97(4)5/h25-28,47-48,55-59,75H,11-24,29-46,49-54H2,1-10H3/t75-/m0/s1. The van der Waals surface area contributed by atoms with E-state index in [9.17, 15) is 47.9 Å². The number of fused-ring (bicyclic) bond motifs is 3. The molecule has 0 aliphatic carbocycles. The minimum atomic E-state index is -0.500. The molecule has 0 fully saturated rings. The summed E-state index contributed by atoms with van der Waals surface area (Å²) in [6.45, 7) is 13.2. The number of carbonyl (C=O) groups excluding carboxylic acids is 10. The molecule has 0 amide bonds. The summed E-state index contributed by atoms with van der Waals surface area (Å²) in [5, 5.41) is 10.5. The predicted octanol–water partition coefficient (Wildman–Crippen LogP) is 10.6. The molecule has 7 aromatic heterocycles. The Balaban J connectivity index is 0.534. The number of rotatable bonds is 63. The monoisotopic (exact) mass is 1720 g/mol. The van der Waals surface area contributed by atoms with Crippen LogP contribution in [0.15, 0.2) is 72.4 Å². The van der Waals surface area contributed by atoms with E-state index in [-0.39, 0.29) is 165 Å². The van der Waals surface area contributed by atoms with Gasteiger partial charge in [-0.3, -0.25) is 57.5 Å². The van der Waals surface area contributed by atoms with Gasteiger partial charge in [0.2, 0.25) is 11.6 Å². The summed E-state index contributed by atoms with van der Waals surface area (Å²) in [6.07, 6.45) is 13.8. The number of thiophene rings is 1. The molecule has 0 radical (unpaired) electrons. The van der Waals surface area contributed by atoms with E-state index in [1.807, 2.05) is 49.9 Å². The molecule has 1 aromatic carbocycles. The van der Waals surface area contributed by atoms with Crippen LogP contribution in [0.2, 0.25) is 5.02 Å².